The molecule has 1 aliphatic rings. The number of methoxy groups -OCH3 is 1. The first-order valence-electron chi connectivity index (χ1n) is 14.4. The molecular weight excluding hydrogens is 572 g/mol. The molecule has 0 spiro atoms. The number of carbonyl (C=O) groups is 1. The van der Waals surface area contributed by atoms with Crippen molar-refractivity contribution < 1.29 is 19.0 Å². The Morgan fingerprint density at radius 2 is 1.73 bits per heavy atom. The van der Waals surface area contributed by atoms with Gasteiger partial charge in [-0.25, -0.2) is 9.79 Å². The molecule has 44 heavy (non-hydrogen) atoms. The van der Waals surface area contributed by atoms with E-state index in [1.165, 1.54) is 16.7 Å². The quantitative estimate of drug-likeness (QED) is 0.208. The van der Waals surface area contributed by atoms with Crippen LogP contribution in [0.3, 0.4) is 0 Å². The van der Waals surface area contributed by atoms with E-state index in [4.69, 9.17) is 14.2 Å². The molecule has 7 nitrogen and oxygen atoms in total. The highest BCUT2D eigenvalue weighted by molar-refractivity contribution is 7.07. The highest BCUT2D eigenvalue weighted by Crippen LogP contribution is 2.32. The zero-order valence-corrected chi connectivity index (χ0v) is 25.8. The van der Waals surface area contributed by atoms with Gasteiger partial charge in [0.25, 0.3) is 5.56 Å². The van der Waals surface area contributed by atoms with Crippen LogP contribution in [0.15, 0.2) is 106 Å². The molecule has 1 aromatic heterocycles. The molecule has 0 fully saturated rings. The number of thiazole rings is 1. The number of rotatable bonds is 8. The van der Waals surface area contributed by atoms with E-state index >= 15 is 0 Å². The summed E-state index contributed by atoms with van der Waals surface area (Å²) in [6.45, 7) is 6.16. The first-order chi connectivity index (χ1) is 21.4. The second-order valence-corrected chi connectivity index (χ2v) is 11.6. The number of nitrogens with zero attached hydrogens (tertiary/aromatic N) is 2. The summed E-state index contributed by atoms with van der Waals surface area (Å²) in [5, 5.41) is 2.34. The lowest BCUT2D eigenvalue weighted by molar-refractivity contribution is -0.139. The predicted molar refractivity (Wildman–Crippen MR) is 173 cm³/mol. The van der Waals surface area contributed by atoms with Gasteiger partial charge >= 0.3 is 5.97 Å². The molecule has 0 amide bonds. The Morgan fingerprint density at radius 1 is 0.955 bits per heavy atom. The zero-order valence-electron chi connectivity index (χ0n) is 25.0. The van der Waals surface area contributed by atoms with Crippen LogP contribution in [0.1, 0.15) is 42.1 Å². The van der Waals surface area contributed by atoms with Gasteiger partial charge < -0.3 is 14.2 Å². The van der Waals surface area contributed by atoms with Crippen molar-refractivity contribution in [3.05, 3.63) is 138 Å². The average Bonchev–Trinajstić information content (AvgIpc) is 3.33. The fourth-order valence-electron chi connectivity index (χ4n) is 5.39. The van der Waals surface area contributed by atoms with Crippen LogP contribution in [-0.4, -0.2) is 24.3 Å². The number of hydrogen-bond donors (Lipinski definition) is 0. The maximum atomic E-state index is 13.9. The lowest BCUT2D eigenvalue weighted by atomic mass is 9.95. The first-order valence-corrected chi connectivity index (χ1v) is 15.2. The van der Waals surface area contributed by atoms with Crippen molar-refractivity contribution in [2.45, 2.75) is 33.4 Å². The third kappa shape index (κ3) is 5.68. The molecule has 6 rings (SSSR count). The Hall–Kier alpha value is -4.95. The molecule has 0 aliphatic carbocycles. The minimum Gasteiger partial charge on any atom is -0.493 e. The van der Waals surface area contributed by atoms with Gasteiger partial charge in [0.2, 0.25) is 0 Å². The van der Waals surface area contributed by atoms with Crippen molar-refractivity contribution in [3.63, 3.8) is 0 Å². The lowest BCUT2D eigenvalue weighted by Gasteiger charge is -2.24. The maximum absolute atomic E-state index is 13.9. The molecule has 0 unspecified atom stereocenters. The van der Waals surface area contributed by atoms with E-state index in [0.29, 0.717) is 38.7 Å². The standard InChI is InChI=1S/C36H32N2O5S/c1-5-42-35(40)32-23(3)37-36-38(33(32)27-14-10-22(2)11-15-27)34(39)31(44-36)20-24-13-17-29(30(19-24)41-4)43-21-25-12-16-26-8-6-7-9-28(26)18-25/h6-20,33H,5,21H2,1-4H3/b31-20+/t33-/m0/s1. The Morgan fingerprint density at radius 3 is 2.48 bits per heavy atom. The lowest BCUT2D eigenvalue weighted by Crippen LogP contribution is -2.39. The second kappa shape index (κ2) is 12.3. The van der Waals surface area contributed by atoms with E-state index in [1.807, 2.05) is 67.6 Å². The van der Waals surface area contributed by atoms with Crippen LogP contribution in [0, 0.1) is 6.92 Å². The number of esters is 1. The van der Waals surface area contributed by atoms with Gasteiger partial charge in [-0.05, 0) is 72.5 Å². The van der Waals surface area contributed by atoms with Crippen molar-refractivity contribution in [2.24, 2.45) is 4.99 Å². The van der Waals surface area contributed by atoms with Crippen LogP contribution in [0.25, 0.3) is 16.8 Å². The molecule has 0 saturated heterocycles. The molecule has 4 aromatic carbocycles. The molecule has 0 bridgehead atoms. The molecule has 8 heteroatoms. The minimum atomic E-state index is -0.645. The third-order valence-electron chi connectivity index (χ3n) is 7.60. The SMILES string of the molecule is CCOC(=O)C1=C(C)N=c2s/c(=C/c3ccc(OCc4ccc5ccccc5c4)c(OC)c3)c(=O)n2[C@H]1c1ccc(C)cc1. The fourth-order valence-corrected chi connectivity index (χ4v) is 6.44. The number of allylic oxidation sites excluding steroid dienone is 1. The highest BCUT2D eigenvalue weighted by atomic mass is 32.1. The summed E-state index contributed by atoms with van der Waals surface area (Å²) in [4.78, 5) is 32.2. The topological polar surface area (TPSA) is 79.1 Å². The van der Waals surface area contributed by atoms with Gasteiger partial charge in [0, 0.05) is 0 Å². The summed E-state index contributed by atoms with van der Waals surface area (Å²) in [5.74, 6) is 0.691. The number of carbonyl (C=O) groups excluding carboxylic acids is 1. The van der Waals surface area contributed by atoms with Crippen LogP contribution in [0.5, 0.6) is 11.5 Å². The third-order valence-corrected chi connectivity index (χ3v) is 8.59. The van der Waals surface area contributed by atoms with Gasteiger partial charge in [-0.15, -0.1) is 0 Å². The van der Waals surface area contributed by atoms with Gasteiger partial charge in [-0.2, -0.15) is 0 Å². The Balaban J connectivity index is 1.34. The number of aryl methyl sites for hydroxylation is 1. The van der Waals surface area contributed by atoms with E-state index in [9.17, 15) is 9.59 Å². The van der Waals surface area contributed by atoms with Crippen molar-refractivity contribution in [3.8, 4) is 11.5 Å². The predicted octanol–water partition coefficient (Wildman–Crippen LogP) is 5.85. The van der Waals surface area contributed by atoms with Crippen LogP contribution < -0.4 is 24.4 Å². The monoisotopic (exact) mass is 604 g/mol. The van der Waals surface area contributed by atoms with Crippen molar-refractivity contribution in [1.82, 2.24) is 4.57 Å². The average molecular weight is 605 g/mol. The Bertz CT molecular complexity index is 2090. The van der Waals surface area contributed by atoms with Gasteiger partial charge in [0.15, 0.2) is 16.3 Å². The number of ether oxygens (including phenoxy) is 3. The smallest absolute Gasteiger partial charge is 0.338 e. The molecule has 0 N–H and O–H groups in total. The Kier molecular flexibility index (Phi) is 8.17. The van der Waals surface area contributed by atoms with E-state index in [-0.39, 0.29) is 12.2 Å². The fraction of sp³-hybridized carbons (Fsp3) is 0.194. The number of benzene rings is 4. The van der Waals surface area contributed by atoms with Crippen molar-refractivity contribution in [2.75, 3.05) is 13.7 Å². The largest absolute Gasteiger partial charge is 0.493 e. The molecule has 5 aromatic rings. The maximum Gasteiger partial charge on any atom is 0.338 e. The first kappa shape index (κ1) is 29.1. The normalized spacial score (nSPS) is 14.7. The molecule has 222 valence electrons. The van der Waals surface area contributed by atoms with Gasteiger partial charge in [0.05, 0.1) is 35.6 Å². The van der Waals surface area contributed by atoms with E-state index < -0.39 is 12.0 Å². The van der Waals surface area contributed by atoms with E-state index in [2.05, 4.69) is 35.3 Å². The summed E-state index contributed by atoms with van der Waals surface area (Å²) >= 11 is 1.29. The summed E-state index contributed by atoms with van der Waals surface area (Å²) in [6.07, 6.45) is 1.81. The zero-order chi connectivity index (χ0) is 30.8. The van der Waals surface area contributed by atoms with Crippen molar-refractivity contribution in [1.29, 1.82) is 0 Å². The summed E-state index contributed by atoms with van der Waals surface area (Å²) in [7, 11) is 1.59. The molecule has 1 aliphatic heterocycles. The molecule has 2 heterocycles. The molecular formula is C36H32N2O5S. The number of hydrogen-bond acceptors (Lipinski definition) is 7. The minimum absolute atomic E-state index is 0.227. The van der Waals surface area contributed by atoms with Crippen LogP contribution >= 0.6 is 11.3 Å². The Labute approximate surface area is 259 Å². The molecule has 0 saturated carbocycles. The molecule has 0 radical (unpaired) electrons. The summed E-state index contributed by atoms with van der Waals surface area (Å²) in [6, 6.07) is 27.3. The second-order valence-electron chi connectivity index (χ2n) is 10.6. The summed E-state index contributed by atoms with van der Waals surface area (Å²) in [5.41, 5.74) is 4.40. The highest BCUT2D eigenvalue weighted by Gasteiger charge is 2.33. The molecule has 1 atom stereocenters. The van der Waals surface area contributed by atoms with E-state index in [1.54, 1.807) is 25.5 Å². The van der Waals surface area contributed by atoms with Gasteiger partial charge in [-0.1, -0.05) is 83.6 Å². The van der Waals surface area contributed by atoms with Crippen LogP contribution in [0.2, 0.25) is 0 Å². The van der Waals surface area contributed by atoms with Gasteiger partial charge in [0.1, 0.15) is 6.61 Å². The van der Waals surface area contributed by atoms with Crippen molar-refractivity contribution >= 4 is 34.2 Å². The van der Waals surface area contributed by atoms with Crippen LogP contribution in [0.4, 0.5) is 0 Å². The van der Waals surface area contributed by atoms with Crippen LogP contribution in [-0.2, 0) is 16.1 Å². The number of fused-ring (bicyclic) bond motifs is 2. The van der Waals surface area contributed by atoms with E-state index in [0.717, 1.165) is 27.6 Å². The summed E-state index contributed by atoms with van der Waals surface area (Å²) < 4.78 is 19.3. The number of aromatic nitrogens is 1. The van der Waals surface area contributed by atoms with Gasteiger partial charge in [-0.3, -0.25) is 9.36 Å².